The summed E-state index contributed by atoms with van der Waals surface area (Å²) in [5, 5.41) is 0. The van der Waals surface area contributed by atoms with Crippen LogP contribution in [0.1, 0.15) is 50.8 Å². The zero-order valence-electron chi connectivity index (χ0n) is 16.7. The second kappa shape index (κ2) is 7.88. The lowest BCUT2D eigenvalue weighted by molar-refractivity contribution is 0.0985. The standard InChI is InChI=1S/C26H23NO2/c1-18-16-21(19(2)28)12-13-24(18)22-14-15-27(25-11-7-6-10-23(25)17-22)26(29)20-8-4-3-5-9-20/h3-13,16-17H,14-15H2,1-2H3. The van der Waals surface area contributed by atoms with E-state index in [1.54, 1.807) is 6.92 Å². The fourth-order valence-electron chi connectivity index (χ4n) is 3.87. The number of Topliss-reactive ketones (excluding diaryl/α,β-unsaturated/α-hetero) is 1. The molecule has 0 fully saturated rings. The molecule has 0 bridgehead atoms. The van der Waals surface area contributed by atoms with Crippen molar-refractivity contribution in [2.45, 2.75) is 20.3 Å². The zero-order chi connectivity index (χ0) is 20.4. The summed E-state index contributed by atoms with van der Waals surface area (Å²) in [5.41, 5.74) is 6.74. The van der Waals surface area contributed by atoms with Gasteiger partial charge in [0, 0.05) is 17.7 Å². The molecule has 0 aliphatic carbocycles. The van der Waals surface area contributed by atoms with Crippen molar-refractivity contribution in [3.63, 3.8) is 0 Å². The molecule has 0 spiro atoms. The summed E-state index contributed by atoms with van der Waals surface area (Å²) in [6.07, 6.45) is 2.91. The van der Waals surface area contributed by atoms with Gasteiger partial charge in [0.05, 0.1) is 5.69 Å². The fourth-order valence-corrected chi connectivity index (χ4v) is 3.87. The van der Waals surface area contributed by atoms with Crippen molar-refractivity contribution < 1.29 is 9.59 Å². The number of nitrogens with zero attached hydrogens (tertiary/aromatic N) is 1. The molecule has 0 saturated carbocycles. The van der Waals surface area contributed by atoms with Gasteiger partial charge >= 0.3 is 0 Å². The minimum atomic E-state index is 0.0105. The van der Waals surface area contributed by atoms with Gasteiger partial charge in [0.2, 0.25) is 0 Å². The van der Waals surface area contributed by atoms with Gasteiger partial charge in [0.15, 0.2) is 5.78 Å². The summed E-state index contributed by atoms with van der Waals surface area (Å²) in [6.45, 7) is 4.22. The average Bonchev–Trinajstić information content (AvgIpc) is 2.93. The van der Waals surface area contributed by atoms with Gasteiger partial charge in [-0.15, -0.1) is 0 Å². The molecular formula is C26H23NO2. The lowest BCUT2D eigenvalue weighted by Gasteiger charge is -2.23. The normalized spacial score (nSPS) is 13.3. The van der Waals surface area contributed by atoms with Gasteiger partial charge < -0.3 is 4.90 Å². The number of hydrogen-bond donors (Lipinski definition) is 0. The maximum absolute atomic E-state index is 13.2. The monoisotopic (exact) mass is 381 g/mol. The Bertz CT molecular complexity index is 1110. The smallest absolute Gasteiger partial charge is 0.258 e. The summed E-state index contributed by atoms with van der Waals surface area (Å²) >= 11 is 0. The Hall–Kier alpha value is -3.46. The number of amides is 1. The van der Waals surface area contributed by atoms with Crippen LogP contribution in [0, 0.1) is 6.92 Å². The predicted octanol–water partition coefficient (Wildman–Crippen LogP) is 5.79. The van der Waals surface area contributed by atoms with Crippen molar-refractivity contribution in [2.24, 2.45) is 0 Å². The molecule has 0 unspecified atom stereocenters. The zero-order valence-corrected chi connectivity index (χ0v) is 16.7. The van der Waals surface area contributed by atoms with Crippen LogP contribution in [-0.2, 0) is 0 Å². The Morgan fingerprint density at radius 1 is 0.862 bits per heavy atom. The molecule has 1 amide bonds. The molecule has 29 heavy (non-hydrogen) atoms. The Labute approximate surface area is 171 Å². The molecule has 0 saturated heterocycles. The lowest BCUT2D eigenvalue weighted by atomic mass is 9.94. The van der Waals surface area contributed by atoms with Crippen LogP contribution in [-0.4, -0.2) is 18.2 Å². The third-order valence-electron chi connectivity index (χ3n) is 5.41. The number of aryl methyl sites for hydroxylation is 1. The number of para-hydroxylation sites is 1. The first-order valence-corrected chi connectivity index (χ1v) is 9.83. The number of benzene rings is 3. The fraction of sp³-hybridized carbons (Fsp3) is 0.154. The molecule has 0 N–H and O–H groups in total. The van der Waals surface area contributed by atoms with Gasteiger partial charge in [-0.3, -0.25) is 9.59 Å². The highest BCUT2D eigenvalue weighted by Crippen LogP contribution is 2.34. The molecule has 3 nitrogen and oxygen atoms in total. The number of ketones is 1. The van der Waals surface area contributed by atoms with Gasteiger partial charge in [-0.1, -0.05) is 48.5 Å². The molecular weight excluding hydrogens is 358 g/mol. The second-order valence-electron chi connectivity index (χ2n) is 7.39. The number of anilines is 1. The maximum Gasteiger partial charge on any atom is 0.258 e. The van der Waals surface area contributed by atoms with E-state index >= 15 is 0 Å². The minimum absolute atomic E-state index is 0.0105. The van der Waals surface area contributed by atoms with Gasteiger partial charge in [0.1, 0.15) is 0 Å². The number of rotatable bonds is 3. The molecule has 4 rings (SSSR count). The van der Waals surface area contributed by atoms with Crippen LogP contribution < -0.4 is 4.90 Å². The summed E-state index contributed by atoms with van der Waals surface area (Å²) in [4.78, 5) is 26.8. The minimum Gasteiger partial charge on any atom is -0.307 e. The molecule has 0 aromatic heterocycles. The van der Waals surface area contributed by atoms with Gasteiger partial charge in [0.25, 0.3) is 5.91 Å². The van der Waals surface area contributed by atoms with E-state index in [9.17, 15) is 9.59 Å². The van der Waals surface area contributed by atoms with Crippen LogP contribution in [0.15, 0.2) is 72.8 Å². The van der Waals surface area contributed by atoms with Crippen LogP contribution in [0.5, 0.6) is 0 Å². The van der Waals surface area contributed by atoms with Crippen molar-refractivity contribution in [1.29, 1.82) is 0 Å². The predicted molar refractivity (Wildman–Crippen MR) is 118 cm³/mol. The largest absolute Gasteiger partial charge is 0.307 e. The van der Waals surface area contributed by atoms with Crippen molar-refractivity contribution in [3.05, 3.63) is 101 Å². The molecule has 3 heteroatoms. The number of carbonyl (C=O) groups is 2. The third kappa shape index (κ3) is 3.77. The summed E-state index contributed by atoms with van der Waals surface area (Å²) in [6, 6.07) is 23.3. The Morgan fingerprint density at radius 2 is 1.59 bits per heavy atom. The highest BCUT2D eigenvalue weighted by Gasteiger charge is 2.23. The first-order chi connectivity index (χ1) is 14.0. The lowest BCUT2D eigenvalue weighted by Crippen LogP contribution is -2.32. The van der Waals surface area contributed by atoms with E-state index in [-0.39, 0.29) is 11.7 Å². The van der Waals surface area contributed by atoms with Crippen LogP contribution >= 0.6 is 0 Å². The van der Waals surface area contributed by atoms with Crippen LogP contribution in [0.4, 0.5) is 5.69 Å². The molecule has 1 heterocycles. The second-order valence-corrected chi connectivity index (χ2v) is 7.39. The van der Waals surface area contributed by atoms with E-state index in [4.69, 9.17) is 0 Å². The Balaban J connectivity index is 1.73. The highest BCUT2D eigenvalue weighted by atomic mass is 16.2. The number of carbonyl (C=O) groups excluding carboxylic acids is 2. The van der Waals surface area contributed by atoms with Crippen LogP contribution in [0.25, 0.3) is 11.6 Å². The van der Waals surface area contributed by atoms with Crippen molar-refractivity contribution in [2.75, 3.05) is 11.4 Å². The molecule has 1 aliphatic heterocycles. The van der Waals surface area contributed by atoms with Crippen LogP contribution in [0.2, 0.25) is 0 Å². The molecule has 1 aliphatic rings. The summed E-state index contributed by atoms with van der Waals surface area (Å²) < 4.78 is 0. The molecule has 144 valence electrons. The highest BCUT2D eigenvalue weighted by molar-refractivity contribution is 6.08. The van der Waals surface area contributed by atoms with E-state index in [2.05, 4.69) is 6.08 Å². The van der Waals surface area contributed by atoms with E-state index in [1.807, 2.05) is 84.6 Å². The van der Waals surface area contributed by atoms with Gasteiger partial charge in [-0.25, -0.2) is 0 Å². The van der Waals surface area contributed by atoms with Crippen molar-refractivity contribution >= 4 is 29.0 Å². The molecule has 0 radical (unpaired) electrons. The third-order valence-corrected chi connectivity index (χ3v) is 5.41. The van der Waals surface area contributed by atoms with Crippen molar-refractivity contribution in [3.8, 4) is 0 Å². The summed E-state index contributed by atoms with van der Waals surface area (Å²) in [7, 11) is 0. The quantitative estimate of drug-likeness (QED) is 0.539. The maximum atomic E-state index is 13.2. The molecule has 3 aromatic rings. The number of hydrogen-bond acceptors (Lipinski definition) is 2. The molecule has 0 atom stereocenters. The average molecular weight is 381 g/mol. The first-order valence-electron chi connectivity index (χ1n) is 9.83. The van der Waals surface area contributed by atoms with Gasteiger partial charge in [-0.05, 0) is 72.9 Å². The van der Waals surface area contributed by atoms with Gasteiger partial charge in [-0.2, -0.15) is 0 Å². The Kier molecular flexibility index (Phi) is 5.13. The SMILES string of the molecule is CC(=O)c1ccc(C2=Cc3ccccc3N(C(=O)c3ccccc3)CC2)c(C)c1. The van der Waals surface area contributed by atoms with E-state index in [1.165, 1.54) is 5.57 Å². The van der Waals surface area contributed by atoms with Crippen molar-refractivity contribution in [1.82, 2.24) is 0 Å². The number of fused-ring (bicyclic) bond motifs is 1. The van der Waals surface area contributed by atoms with Crippen LogP contribution in [0.3, 0.4) is 0 Å². The summed E-state index contributed by atoms with van der Waals surface area (Å²) in [5.74, 6) is 0.0795. The first kappa shape index (κ1) is 18.9. The molecule has 3 aromatic carbocycles. The Morgan fingerprint density at radius 3 is 2.31 bits per heavy atom. The van der Waals surface area contributed by atoms with E-state index in [0.717, 1.165) is 34.4 Å². The van der Waals surface area contributed by atoms with E-state index in [0.29, 0.717) is 12.1 Å². The topological polar surface area (TPSA) is 37.4 Å². The van der Waals surface area contributed by atoms with E-state index < -0.39 is 0 Å².